The summed E-state index contributed by atoms with van der Waals surface area (Å²) in [6.07, 6.45) is 0. The largest absolute Gasteiger partial charge is 0.264 e. The van der Waals surface area contributed by atoms with E-state index in [0.29, 0.717) is 0 Å². The van der Waals surface area contributed by atoms with Crippen molar-refractivity contribution in [1.29, 1.82) is 0 Å². The van der Waals surface area contributed by atoms with Gasteiger partial charge in [-0.3, -0.25) is 4.68 Å². The summed E-state index contributed by atoms with van der Waals surface area (Å²) in [4.78, 5) is 0. The van der Waals surface area contributed by atoms with Gasteiger partial charge in [-0.05, 0) is 49.2 Å². The van der Waals surface area contributed by atoms with Crippen molar-refractivity contribution in [3.05, 3.63) is 39.5 Å². The Morgan fingerprint density at radius 2 is 1.94 bits per heavy atom. The van der Waals surface area contributed by atoms with Crippen molar-refractivity contribution in [2.24, 2.45) is 0 Å². The maximum Gasteiger partial charge on any atom is 0.0829 e. The monoisotopic (exact) mass is 292 g/mol. The van der Waals surface area contributed by atoms with E-state index in [4.69, 9.17) is 0 Å². The molecule has 0 saturated heterocycles. The molecular weight excluding hydrogens is 276 g/mol. The third-order valence-electron chi connectivity index (χ3n) is 2.99. The quantitative estimate of drug-likeness (QED) is 0.809. The summed E-state index contributed by atoms with van der Waals surface area (Å²) in [5.74, 6) is 0. The van der Waals surface area contributed by atoms with Crippen molar-refractivity contribution in [1.82, 2.24) is 9.78 Å². The lowest BCUT2D eigenvalue weighted by atomic mass is 10.0. The topological polar surface area (TPSA) is 17.8 Å². The summed E-state index contributed by atoms with van der Waals surface area (Å²) < 4.78 is 3.16. The molecule has 0 amide bonds. The second-order valence-corrected chi connectivity index (χ2v) is 5.18. The first-order valence-corrected chi connectivity index (χ1v) is 6.64. The number of rotatable bonds is 2. The Hall–Kier alpha value is -1.09. The molecule has 2 nitrogen and oxygen atoms in total. The van der Waals surface area contributed by atoms with Gasteiger partial charge < -0.3 is 0 Å². The summed E-state index contributed by atoms with van der Waals surface area (Å²) >= 11 is 3.65. The fraction of sp³-hybridized carbons (Fsp3) is 0.357. The van der Waals surface area contributed by atoms with Gasteiger partial charge in [-0.15, -0.1) is 0 Å². The maximum absolute atomic E-state index is 4.54. The van der Waals surface area contributed by atoms with Crippen LogP contribution in [0.2, 0.25) is 0 Å². The molecule has 1 aromatic carbocycles. The van der Waals surface area contributed by atoms with Crippen molar-refractivity contribution in [3.8, 4) is 11.3 Å². The van der Waals surface area contributed by atoms with E-state index in [-0.39, 0.29) is 0 Å². The summed E-state index contributed by atoms with van der Waals surface area (Å²) in [5, 5.41) is 4.54. The Morgan fingerprint density at radius 1 is 1.24 bits per heavy atom. The van der Waals surface area contributed by atoms with Crippen LogP contribution >= 0.6 is 15.9 Å². The van der Waals surface area contributed by atoms with Crippen LogP contribution < -0.4 is 0 Å². The van der Waals surface area contributed by atoms with Crippen LogP contribution in [0.4, 0.5) is 0 Å². The summed E-state index contributed by atoms with van der Waals surface area (Å²) in [5.41, 5.74) is 6.07. The van der Waals surface area contributed by atoms with Gasteiger partial charge in [0, 0.05) is 12.1 Å². The zero-order chi connectivity index (χ0) is 12.6. The van der Waals surface area contributed by atoms with Gasteiger partial charge in [-0.2, -0.15) is 5.10 Å². The van der Waals surface area contributed by atoms with E-state index in [1.807, 2.05) is 6.92 Å². The third kappa shape index (κ3) is 2.16. The molecule has 0 spiro atoms. The minimum atomic E-state index is 0.884. The maximum atomic E-state index is 4.54. The van der Waals surface area contributed by atoms with Crippen molar-refractivity contribution in [2.45, 2.75) is 34.2 Å². The average molecular weight is 293 g/mol. The van der Waals surface area contributed by atoms with Crippen LogP contribution in [0.5, 0.6) is 0 Å². The van der Waals surface area contributed by atoms with Crippen LogP contribution in [0.15, 0.2) is 22.7 Å². The van der Waals surface area contributed by atoms with Crippen LogP contribution in [0.25, 0.3) is 11.3 Å². The highest BCUT2D eigenvalue weighted by atomic mass is 79.9. The smallest absolute Gasteiger partial charge is 0.0829 e. The molecule has 0 atom stereocenters. The van der Waals surface area contributed by atoms with Gasteiger partial charge in [-0.25, -0.2) is 0 Å². The number of aromatic nitrogens is 2. The number of halogens is 1. The van der Waals surface area contributed by atoms with Crippen molar-refractivity contribution < 1.29 is 0 Å². The number of aryl methyl sites for hydroxylation is 4. The molecule has 17 heavy (non-hydrogen) atoms. The van der Waals surface area contributed by atoms with Gasteiger partial charge in [-0.1, -0.05) is 23.8 Å². The molecule has 0 unspecified atom stereocenters. The molecule has 1 heterocycles. The molecule has 0 radical (unpaired) electrons. The highest BCUT2D eigenvalue weighted by Crippen LogP contribution is 2.33. The summed E-state index contributed by atoms with van der Waals surface area (Å²) in [7, 11) is 0. The zero-order valence-corrected chi connectivity index (χ0v) is 12.3. The van der Waals surface area contributed by atoms with Crippen molar-refractivity contribution in [2.75, 3.05) is 0 Å². The first kappa shape index (κ1) is 12.4. The second kappa shape index (κ2) is 4.65. The Kier molecular flexibility index (Phi) is 3.38. The predicted molar refractivity (Wildman–Crippen MR) is 75.2 cm³/mol. The molecule has 0 bridgehead atoms. The Bertz CT molecular complexity index is 556. The van der Waals surface area contributed by atoms with Gasteiger partial charge in [0.2, 0.25) is 0 Å². The highest BCUT2D eigenvalue weighted by molar-refractivity contribution is 9.10. The molecule has 0 saturated carbocycles. The number of nitrogens with zero attached hydrogens (tertiary/aromatic N) is 2. The summed E-state index contributed by atoms with van der Waals surface area (Å²) in [6.45, 7) is 9.30. The van der Waals surface area contributed by atoms with Gasteiger partial charge in [0.15, 0.2) is 0 Å². The first-order valence-electron chi connectivity index (χ1n) is 5.85. The molecule has 0 aliphatic rings. The molecule has 0 aliphatic carbocycles. The van der Waals surface area contributed by atoms with Gasteiger partial charge in [0.25, 0.3) is 0 Å². The molecule has 90 valence electrons. The minimum Gasteiger partial charge on any atom is -0.264 e. The molecule has 1 aromatic heterocycles. The molecule has 2 aromatic rings. The van der Waals surface area contributed by atoms with E-state index in [2.05, 4.69) is 64.7 Å². The standard InChI is InChI=1S/C14H17BrN2/c1-5-17-14(13(15)11(4)16-17)12-7-6-9(2)8-10(12)3/h6-8H,5H2,1-4H3. The predicted octanol–water partition coefficient (Wildman–Crippen LogP) is 4.26. The Morgan fingerprint density at radius 3 is 2.53 bits per heavy atom. The average Bonchev–Trinajstić information content (AvgIpc) is 2.56. The Balaban J connectivity index is 2.67. The highest BCUT2D eigenvalue weighted by Gasteiger charge is 2.15. The van der Waals surface area contributed by atoms with E-state index in [1.165, 1.54) is 22.4 Å². The zero-order valence-electron chi connectivity index (χ0n) is 10.7. The van der Waals surface area contributed by atoms with E-state index >= 15 is 0 Å². The number of hydrogen-bond donors (Lipinski definition) is 0. The molecular formula is C14H17BrN2. The molecule has 0 aliphatic heterocycles. The van der Waals surface area contributed by atoms with E-state index < -0.39 is 0 Å². The van der Waals surface area contributed by atoms with Crippen LogP contribution in [0, 0.1) is 20.8 Å². The normalized spacial score (nSPS) is 10.9. The van der Waals surface area contributed by atoms with Crippen LogP contribution in [-0.2, 0) is 6.54 Å². The number of hydrogen-bond acceptors (Lipinski definition) is 1. The van der Waals surface area contributed by atoms with E-state index in [1.54, 1.807) is 0 Å². The lowest BCUT2D eigenvalue weighted by Gasteiger charge is -2.09. The molecule has 0 N–H and O–H groups in total. The van der Waals surface area contributed by atoms with Gasteiger partial charge in [0.1, 0.15) is 0 Å². The van der Waals surface area contributed by atoms with Gasteiger partial charge in [0.05, 0.1) is 15.9 Å². The van der Waals surface area contributed by atoms with E-state index in [0.717, 1.165) is 16.7 Å². The lowest BCUT2D eigenvalue weighted by Crippen LogP contribution is -2.00. The molecule has 2 rings (SSSR count). The molecule has 0 fully saturated rings. The minimum absolute atomic E-state index is 0.884. The van der Waals surface area contributed by atoms with Crippen molar-refractivity contribution in [3.63, 3.8) is 0 Å². The SMILES string of the molecule is CCn1nc(C)c(Br)c1-c1ccc(C)cc1C. The molecule has 3 heteroatoms. The lowest BCUT2D eigenvalue weighted by molar-refractivity contribution is 0.660. The van der Waals surface area contributed by atoms with Crippen LogP contribution in [0.3, 0.4) is 0 Å². The van der Waals surface area contributed by atoms with Crippen LogP contribution in [0.1, 0.15) is 23.7 Å². The number of benzene rings is 1. The third-order valence-corrected chi connectivity index (χ3v) is 3.94. The summed E-state index contributed by atoms with van der Waals surface area (Å²) in [6, 6.07) is 6.54. The van der Waals surface area contributed by atoms with Crippen molar-refractivity contribution >= 4 is 15.9 Å². The fourth-order valence-electron chi connectivity index (χ4n) is 2.13. The fourth-order valence-corrected chi connectivity index (χ4v) is 2.62. The van der Waals surface area contributed by atoms with Crippen LogP contribution in [-0.4, -0.2) is 9.78 Å². The Labute approximate surface area is 111 Å². The first-order chi connectivity index (χ1) is 8.04. The van der Waals surface area contributed by atoms with E-state index in [9.17, 15) is 0 Å². The second-order valence-electron chi connectivity index (χ2n) is 4.38. The van der Waals surface area contributed by atoms with Gasteiger partial charge >= 0.3 is 0 Å².